The summed E-state index contributed by atoms with van der Waals surface area (Å²) in [4.78, 5) is 7.31. The van der Waals surface area contributed by atoms with Gasteiger partial charge in [-0.25, -0.2) is 4.98 Å². The van der Waals surface area contributed by atoms with Gasteiger partial charge >= 0.3 is 0 Å². The third-order valence-corrected chi connectivity index (χ3v) is 5.28. The molecule has 114 valence electrons. The molecule has 4 heteroatoms. The van der Waals surface area contributed by atoms with Crippen LogP contribution >= 0.6 is 11.3 Å². The monoisotopic (exact) mass is 295 g/mol. The summed E-state index contributed by atoms with van der Waals surface area (Å²) in [5.74, 6) is 0.680. The summed E-state index contributed by atoms with van der Waals surface area (Å²) in [5.41, 5.74) is 0. The number of hydrogen-bond donors (Lipinski definition) is 1. The molecule has 1 saturated heterocycles. The van der Waals surface area contributed by atoms with Crippen LogP contribution in [0.1, 0.15) is 58.0 Å². The Morgan fingerprint density at radius 1 is 1.45 bits per heavy atom. The SMILES string of the molecule is CCCC1CN(C(CC)c2nccs2)C(C(C)C)CN1. The van der Waals surface area contributed by atoms with E-state index in [-0.39, 0.29) is 0 Å². The van der Waals surface area contributed by atoms with E-state index in [0.29, 0.717) is 24.0 Å². The van der Waals surface area contributed by atoms with Gasteiger partial charge in [0.05, 0.1) is 6.04 Å². The third-order valence-electron chi connectivity index (χ3n) is 4.40. The van der Waals surface area contributed by atoms with Crippen LogP contribution in [-0.4, -0.2) is 35.1 Å². The first-order valence-electron chi connectivity index (χ1n) is 8.05. The van der Waals surface area contributed by atoms with Gasteiger partial charge in [0.2, 0.25) is 0 Å². The van der Waals surface area contributed by atoms with Gasteiger partial charge in [0.1, 0.15) is 5.01 Å². The molecule has 0 saturated carbocycles. The molecule has 3 nitrogen and oxygen atoms in total. The van der Waals surface area contributed by atoms with E-state index in [1.807, 2.05) is 6.20 Å². The molecular formula is C16H29N3S. The summed E-state index contributed by atoms with van der Waals surface area (Å²) < 4.78 is 0. The second-order valence-electron chi connectivity index (χ2n) is 6.20. The fraction of sp³-hybridized carbons (Fsp3) is 0.812. The molecule has 1 aliphatic rings. The van der Waals surface area contributed by atoms with Crippen LogP contribution in [0.5, 0.6) is 0 Å². The second-order valence-corrected chi connectivity index (χ2v) is 7.12. The van der Waals surface area contributed by atoms with Crippen molar-refractivity contribution >= 4 is 11.3 Å². The lowest BCUT2D eigenvalue weighted by Gasteiger charge is -2.45. The van der Waals surface area contributed by atoms with Gasteiger partial charge in [0.25, 0.3) is 0 Å². The third kappa shape index (κ3) is 3.60. The predicted molar refractivity (Wildman–Crippen MR) is 87.2 cm³/mol. The molecule has 3 unspecified atom stereocenters. The van der Waals surface area contributed by atoms with Crippen molar-refractivity contribution in [2.45, 2.75) is 65.1 Å². The minimum Gasteiger partial charge on any atom is -0.311 e. The van der Waals surface area contributed by atoms with Gasteiger partial charge < -0.3 is 5.32 Å². The van der Waals surface area contributed by atoms with E-state index in [1.54, 1.807) is 11.3 Å². The molecular weight excluding hydrogens is 266 g/mol. The van der Waals surface area contributed by atoms with Crippen molar-refractivity contribution in [3.63, 3.8) is 0 Å². The molecule has 1 fully saturated rings. The molecule has 0 aromatic carbocycles. The van der Waals surface area contributed by atoms with Crippen LogP contribution in [-0.2, 0) is 0 Å². The van der Waals surface area contributed by atoms with Crippen LogP contribution in [0.15, 0.2) is 11.6 Å². The molecule has 1 aliphatic heterocycles. The maximum atomic E-state index is 4.58. The van der Waals surface area contributed by atoms with Crippen LogP contribution in [0.3, 0.4) is 0 Å². The molecule has 1 aromatic rings. The van der Waals surface area contributed by atoms with Gasteiger partial charge in [0.15, 0.2) is 0 Å². The molecule has 0 amide bonds. The Kier molecular flexibility index (Phi) is 6.00. The van der Waals surface area contributed by atoms with Crippen molar-refractivity contribution < 1.29 is 0 Å². The molecule has 0 aliphatic carbocycles. The molecule has 2 heterocycles. The van der Waals surface area contributed by atoms with Crippen molar-refractivity contribution in [1.82, 2.24) is 15.2 Å². The fourth-order valence-corrected chi connectivity index (χ4v) is 4.17. The number of piperazine rings is 1. The highest BCUT2D eigenvalue weighted by Gasteiger charge is 2.34. The average molecular weight is 295 g/mol. The number of thiazole rings is 1. The second kappa shape index (κ2) is 7.53. The van der Waals surface area contributed by atoms with Gasteiger partial charge in [-0.15, -0.1) is 11.3 Å². The van der Waals surface area contributed by atoms with E-state index < -0.39 is 0 Å². The molecule has 3 atom stereocenters. The van der Waals surface area contributed by atoms with Gasteiger partial charge in [-0.1, -0.05) is 34.1 Å². The minimum atomic E-state index is 0.490. The van der Waals surface area contributed by atoms with Gasteiger partial charge in [-0.05, 0) is 18.8 Å². The lowest BCUT2D eigenvalue weighted by molar-refractivity contribution is 0.0507. The number of hydrogen-bond acceptors (Lipinski definition) is 4. The molecule has 1 aromatic heterocycles. The molecule has 0 radical (unpaired) electrons. The van der Waals surface area contributed by atoms with Crippen LogP contribution in [0.2, 0.25) is 0 Å². The Labute approximate surface area is 127 Å². The summed E-state index contributed by atoms with van der Waals surface area (Å²) in [5, 5.41) is 7.14. The van der Waals surface area contributed by atoms with Gasteiger partial charge in [-0.3, -0.25) is 4.90 Å². The normalized spacial score (nSPS) is 26.1. The lowest BCUT2D eigenvalue weighted by atomic mass is 9.94. The summed E-state index contributed by atoms with van der Waals surface area (Å²) in [6.45, 7) is 11.5. The van der Waals surface area contributed by atoms with Crippen molar-refractivity contribution in [3.8, 4) is 0 Å². The Hall–Kier alpha value is -0.450. The Bertz CT molecular complexity index is 377. The maximum absolute atomic E-state index is 4.58. The molecule has 20 heavy (non-hydrogen) atoms. The van der Waals surface area contributed by atoms with E-state index >= 15 is 0 Å². The van der Waals surface area contributed by atoms with E-state index in [0.717, 1.165) is 19.5 Å². The number of nitrogens with one attached hydrogen (secondary N) is 1. The molecule has 2 rings (SSSR count). The van der Waals surface area contributed by atoms with Crippen LogP contribution in [0.25, 0.3) is 0 Å². The first-order chi connectivity index (χ1) is 9.67. The standard InChI is InChI=1S/C16H29N3S/c1-5-7-13-11-19(15(10-18-13)12(3)4)14(6-2)16-17-8-9-20-16/h8-9,12-15,18H,5-7,10-11H2,1-4H3. The predicted octanol–water partition coefficient (Wildman–Crippen LogP) is 3.69. The first-order valence-corrected chi connectivity index (χ1v) is 8.93. The van der Waals surface area contributed by atoms with Crippen molar-refractivity contribution in [1.29, 1.82) is 0 Å². The Morgan fingerprint density at radius 2 is 2.25 bits per heavy atom. The van der Waals surface area contributed by atoms with E-state index in [2.05, 4.69) is 48.3 Å². The van der Waals surface area contributed by atoms with E-state index in [4.69, 9.17) is 0 Å². The van der Waals surface area contributed by atoms with E-state index in [1.165, 1.54) is 17.8 Å². The van der Waals surface area contributed by atoms with Crippen LogP contribution in [0.4, 0.5) is 0 Å². The molecule has 0 bridgehead atoms. The highest BCUT2D eigenvalue weighted by Crippen LogP contribution is 2.31. The fourth-order valence-electron chi connectivity index (χ4n) is 3.33. The van der Waals surface area contributed by atoms with Crippen molar-refractivity contribution in [3.05, 3.63) is 16.6 Å². The lowest BCUT2D eigenvalue weighted by Crippen LogP contribution is -2.58. The van der Waals surface area contributed by atoms with E-state index in [9.17, 15) is 0 Å². The molecule has 1 N–H and O–H groups in total. The van der Waals surface area contributed by atoms with Crippen LogP contribution in [0, 0.1) is 5.92 Å². The maximum Gasteiger partial charge on any atom is 0.110 e. The number of aromatic nitrogens is 1. The number of rotatable bonds is 6. The quantitative estimate of drug-likeness (QED) is 0.867. The molecule has 0 spiro atoms. The van der Waals surface area contributed by atoms with Crippen molar-refractivity contribution in [2.24, 2.45) is 5.92 Å². The zero-order valence-electron chi connectivity index (χ0n) is 13.3. The zero-order chi connectivity index (χ0) is 14.5. The van der Waals surface area contributed by atoms with Gasteiger partial charge in [-0.2, -0.15) is 0 Å². The highest BCUT2D eigenvalue weighted by molar-refractivity contribution is 7.09. The Morgan fingerprint density at radius 3 is 2.80 bits per heavy atom. The summed E-state index contributed by atoms with van der Waals surface area (Å²) in [6.07, 6.45) is 5.62. The minimum absolute atomic E-state index is 0.490. The topological polar surface area (TPSA) is 28.2 Å². The zero-order valence-corrected chi connectivity index (χ0v) is 14.1. The Balaban J connectivity index is 2.17. The number of nitrogens with zero attached hydrogens (tertiary/aromatic N) is 2. The smallest absolute Gasteiger partial charge is 0.110 e. The largest absolute Gasteiger partial charge is 0.311 e. The van der Waals surface area contributed by atoms with Crippen LogP contribution < -0.4 is 5.32 Å². The van der Waals surface area contributed by atoms with Gasteiger partial charge in [0, 0.05) is 36.8 Å². The average Bonchev–Trinajstić information content (AvgIpc) is 2.94. The summed E-state index contributed by atoms with van der Waals surface area (Å²) >= 11 is 1.80. The summed E-state index contributed by atoms with van der Waals surface area (Å²) in [6, 6.07) is 1.75. The summed E-state index contributed by atoms with van der Waals surface area (Å²) in [7, 11) is 0. The van der Waals surface area contributed by atoms with Crippen molar-refractivity contribution in [2.75, 3.05) is 13.1 Å². The first kappa shape index (κ1) is 15.9. The highest BCUT2D eigenvalue weighted by atomic mass is 32.1.